The molecule has 100 valence electrons. The van der Waals surface area contributed by atoms with Crippen LogP contribution >= 0.6 is 0 Å². The van der Waals surface area contributed by atoms with E-state index in [1.165, 1.54) is 5.56 Å². The van der Waals surface area contributed by atoms with Crippen molar-refractivity contribution < 1.29 is 4.79 Å². The molecular formula is C16H25NO. The molecule has 0 aliphatic rings. The van der Waals surface area contributed by atoms with E-state index in [1.807, 2.05) is 52.0 Å². The van der Waals surface area contributed by atoms with E-state index in [0.717, 1.165) is 18.4 Å². The maximum absolute atomic E-state index is 12.5. The summed E-state index contributed by atoms with van der Waals surface area (Å²) in [6.45, 7) is 9.77. The van der Waals surface area contributed by atoms with Gasteiger partial charge < -0.3 is 5.73 Å². The molecule has 1 aromatic carbocycles. The molecule has 0 aliphatic heterocycles. The molecular weight excluding hydrogens is 222 g/mol. The van der Waals surface area contributed by atoms with Crippen molar-refractivity contribution in [2.75, 3.05) is 0 Å². The highest BCUT2D eigenvalue weighted by Crippen LogP contribution is 2.32. The highest BCUT2D eigenvalue weighted by molar-refractivity contribution is 6.00. The van der Waals surface area contributed by atoms with Crippen LogP contribution in [0.15, 0.2) is 24.3 Å². The maximum atomic E-state index is 12.5. The number of hydrogen-bond acceptors (Lipinski definition) is 2. The lowest BCUT2D eigenvalue weighted by molar-refractivity contribution is 0.0735. The van der Waals surface area contributed by atoms with E-state index in [1.54, 1.807) is 0 Å². The third-order valence-electron chi connectivity index (χ3n) is 3.93. The zero-order chi connectivity index (χ0) is 14.0. The van der Waals surface area contributed by atoms with E-state index in [4.69, 9.17) is 5.73 Å². The number of ketones is 1. The van der Waals surface area contributed by atoms with Gasteiger partial charge in [0, 0.05) is 16.5 Å². The fourth-order valence-corrected chi connectivity index (χ4v) is 1.76. The third-order valence-corrected chi connectivity index (χ3v) is 3.93. The summed E-state index contributed by atoms with van der Waals surface area (Å²) in [6.07, 6.45) is 2.18. The normalized spacial score (nSPS) is 12.6. The summed E-state index contributed by atoms with van der Waals surface area (Å²) in [6, 6.07) is 7.91. The Kier molecular flexibility index (Phi) is 4.33. The van der Waals surface area contributed by atoms with Crippen LogP contribution in [0.1, 0.15) is 57.0 Å². The SMILES string of the molecule is CCCc1ccc(C(=O)C(C)(C)C(C)(C)N)cc1. The summed E-state index contributed by atoms with van der Waals surface area (Å²) < 4.78 is 0. The first-order chi connectivity index (χ1) is 8.20. The van der Waals surface area contributed by atoms with Gasteiger partial charge in [0.15, 0.2) is 5.78 Å². The van der Waals surface area contributed by atoms with Crippen molar-refractivity contribution in [3.63, 3.8) is 0 Å². The molecule has 0 saturated heterocycles. The Bertz CT molecular complexity index is 410. The van der Waals surface area contributed by atoms with Gasteiger partial charge in [0.1, 0.15) is 0 Å². The Morgan fingerprint density at radius 2 is 1.61 bits per heavy atom. The largest absolute Gasteiger partial charge is 0.325 e. The lowest BCUT2D eigenvalue weighted by atomic mass is 9.70. The van der Waals surface area contributed by atoms with E-state index < -0.39 is 11.0 Å². The Morgan fingerprint density at radius 3 is 2.00 bits per heavy atom. The molecule has 0 spiro atoms. The van der Waals surface area contributed by atoms with Gasteiger partial charge in [-0.05, 0) is 25.8 Å². The van der Waals surface area contributed by atoms with Crippen LogP contribution in [0.3, 0.4) is 0 Å². The summed E-state index contributed by atoms with van der Waals surface area (Å²) in [5, 5.41) is 0. The van der Waals surface area contributed by atoms with Gasteiger partial charge in [-0.2, -0.15) is 0 Å². The van der Waals surface area contributed by atoms with Gasteiger partial charge in [0.25, 0.3) is 0 Å². The Labute approximate surface area is 111 Å². The van der Waals surface area contributed by atoms with Crippen molar-refractivity contribution in [2.24, 2.45) is 11.1 Å². The molecule has 2 heteroatoms. The van der Waals surface area contributed by atoms with Crippen molar-refractivity contribution in [2.45, 2.75) is 53.0 Å². The molecule has 0 amide bonds. The van der Waals surface area contributed by atoms with Gasteiger partial charge in [-0.15, -0.1) is 0 Å². The minimum atomic E-state index is -0.570. The van der Waals surface area contributed by atoms with Crippen LogP contribution in [0.4, 0.5) is 0 Å². The zero-order valence-corrected chi connectivity index (χ0v) is 12.2. The van der Waals surface area contributed by atoms with Gasteiger partial charge in [0.05, 0.1) is 0 Å². The van der Waals surface area contributed by atoms with Crippen LogP contribution in [-0.2, 0) is 6.42 Å². The van der Waals surface area contributed by atoms with Crippen LogP contribution in [0.5, 0.6) is 0 Å². The van der Waals surface area contributed by atoms with E-state index >= 15 is 0 Å². The molecule has 0 saturated carbocycles. The van der Waals surface area contributed by atoms with Crippen molar-refractivity contribution in [1.82, 2.24) is 0 Å². The zero-order valence-electron chi connectivity index (χ0n) is 12.2. The number of nitrogens with two attached hydrogens (primary N) is 1. The number of hydrogen-bond donors (Lipinski definition) is 1. The Hall–Kier alpha value is -1.15. The van der Waals surface area contributed by atoms with Crippen molar-refractivity contribution >= 4 is 5.78 Å². The topological polar surface area (TPSA) is 43.1 Å². The molecule has 18 heavy (non-hydrogen) atoms. The summed E-state index contributed by atoms with van der Waals surface area (Å²) >= 11 is 0. The fraction of sp³-hybridized carbons (Fsp3) is 0.562. The molecule has 1 aromatic rings. The minimum Gasteiger partial charge on any atom is -0.325 e. The lowest BCUT2D eigenvalue weighted by Gasteiger charge is -2.37. The van der Waals surface area contributed by atoms with Crippen LogP contribution < -0.4 is 5.73 Å². The first-order valence-corrected chi connectivity index (χ1v) is 6.62. The van der Waals surface area contributed by atoms with Crippen LogP contribution in [-0.4, -0.2) is 11.3 Å². The molecule has 0 unspecified atom stereocenters. The number of aryl methyl sites for hydroxylation is 1. The average molecular weight is 247 g/mol. The van der Waals surface area contributed by atoms with Gasteiger partial charge >= 0.3 is 0 Å². The molecule has 0 radical (unpaired) electrons. The molecule has 0 heterocycles. The second-order valence-electron chi connectivity index (χ2n) is 6.12. The number of benzene rings is 1. The van der Waals surface area contributed by atoms with E-state index in [9.17, 15) is 4.79 Å². The summed E-state index contributed by atoms with van der Waals surface area (Å²) in [4.78, 5) is 12.5. The fourth-order valence-electron chi connectivity index (χ4n) is 1.76. The molecule has 0 fully saturated rings. The highest BCUT2D eigenvalue weighted by Gasteiger charge is 2.40. The Morgan fingerprint density at radius 1 is 1.11 bits per heavy atom. The smallest absolute Gasteiger partial charge is 0.170 e. The standard InChI is InChI=1S/C16H25NO/c1-6-7-12-8-10-13(11-9-12)14(18)15(2,3)16(4,5)17/h8-11H,6-7,17H2,1-5H3. The number of Topliss-reactive ketones (excluding diaryl/α,β-unsaturated/α-hetero) is 1. The average Bonchev–Trinajstić information content (AvgIpc) is 2.28. The van der Waals surface area contributed by atoms with Crippen molar-refractivity contribution in [3.8, 4) is 0 Å². The summed E-state index contributed by atoms with van der Waals surface area (Å²) in [5.74, 6) is 0.109. The summed E-state index contributed by atoms with van der Waals surface area (Å²) in [5.41, 5.74) is 7.03. The summed E-state index contributed by atoms with van der Waals surface area (Å²) in [7, 11) is 0. The van der Waals surface area contributed by atoms with Gasteiger partial charge in [-0.25, -0.2) is 0 Å². The van der Waals surface area contributed by atoms with E-state index in [0.29, 0.717) is 0 Å². The van der Waals surface area contributed by atoms with Gasteiger partial charge in [-0.3, -0.25) is 4.79 Å². The first-order valence-electron chi connectivity index (χ1n) is 6.62. The van der Waals surface area contributed by atoms with Gasteiger partial charge in [-0.1, -0.05) is 51.5 Å². The first kappa shape index (κ1) is 14.9. The van der Waals surface area contributed by atoms with Crippen molar-refractivity contribution in [3.05, 3.63) is 35.4 Å². The molecule has 2 N–H and O–H groups in total. The van der Waals surface area contributed by atoms with Crippen LogP contribution in [0.25, 0.3) is 0 Å². The lowest BCUT2D eigenvalue weighted by Crippen LogP contribution is -2.51. The molecule has 0 atom stereocenters. The predicted octanol–water partition coefficient (Wildman–Crippen LogP) is 3.59. The number of carbonyl (C=O) groups excluding carboxylic acids is 1. The molecule has 0 aliphatic carbocycles. The van der Waals surface area contributed by atoms with Crippen LogP contribution in [0.2, 0.25) is 0 Å². The molecule has 0 aromatic heterocycles. The van der Waals surface area contributed by atoms with Gasteiger partial charge in [0.2, 0.25) is 0 Å². The van der Waals surface area contributed by atoms with Crippen LogP contribution in [0, 0.1) is 5.41 Å². The van der Waals surface area contributed by atoms with E-state index in [2.05, 4.69) is 6.92 Å². The third kappa shape index (κ3) is 2.99. The predicted molar refractivity (Wildman–Crippen MR) is 76.8 cm³/mol. The van der Waals surface area contributed by atoms with Crippen molar-refractivity contribution in [1.29, 1.82) is 0 Å². The second kappa shape index (κ2) is 5.23. The molecule has 2 nitrogen and oxygen atoms in total. The monoisotopic (exact) mass is 247 g/mol. The molecule has 0 bridgehead atoms. The second-order valence-corrected chi connectivity index (χ2v) is 6.12. The van der Waals surface area contributed by atoms with E-state index in [-0.39, 0.29) is 5.78 Å². The number of carbonyl (C=O) groups is 1. The maximum Gasteiger partial charge on any atom is 0.170 e. The highest BCUT2D eigenvalue weighted by atomic mass is 16.1. The quantitative estimate of drug-likeness (QED) is 0.808. The Balaban J connectivity index is 2.98. The number of rotatable bonds is 5. The minimum absolute atomic E-state index is 0.109. The molecule has 1 rings (SSSR count).